The summed E-state index contributed by atoms with van der Waals surface area (Å²) in [6, 6.07) is 0. The van der Waals surface area contributed by atoms with Crippen molar-refractivity contribution in [1.29, 1.82) is 0 Å². The van der Waals surface area contributed by atoms with E-state index in [1.807, 2.05) is 11.1 Å². The molecule has 2 atom stereocenters. The van der Waals surface area contributed by atoms with Crippen molar-refractivity contribution < 1.29 is 10.5 Å². The van der Waals surface area contributed by atoms with Gasteiger partial charge in [0.25, 0.3) is 0 Å². The third kappa shape index (κ3) is 4.48. The molecule has 0 aliphatic carbocycles. The number of rotatable bonds is 5. The fourth-order valence-corrected chi connectivity index (χ4v) is 0.197. The molecule has 0 bridgehead atoms. The van der Waals surface area contributed by atoms with Crippen LogP contribution in [0.5, 0.6) is 0 Å². The van der Waals surface area contributed by atoms with Gasteiger partial charge in [-0.3, -0.25) is 0 Å². The molecule has 0 aromatic rings. The second-order valence-corrected chi connectivity index (χ2v) is 1.29. The molecule has 0 fully saturated rings. The molecule has 10 nitrogen and oxygen atoms in total. The first-order valence-corrected chi connectivity index (χ1v) is 2.33. The zero-order valence-corrected chi connectivity index (χ0v) is 5.15. The lowest BCUT2D eigenvalue weighted by Gasteiger charge is -2.23. The Hall–Kier alpha value is -0.400. The van der Waals surface area contributed by atoms with Gasteiger partial charge in [0.15, 0.2) is 0 Å². The number of hydrazine groups is 3. The minimum atomic E-state index is -0.167. The molecule has 0 rings (SSSR count). The van der Waals surface area contributed by atoms with Crippen molar-refractivity contribution >= 4 is 0 Å². The summed E-state index contributed by atoms with van der Waals surface area (Å²) in [4.78, 5) is 0. The van der Waals surface area contributed by atoms with Gasteiger partial charge in [0, 0.05) is 0 Å². The van der Waals surface area contributed by atoms with Crippen molar-refractivity contribution in [2.24, 2.45) is 11.7 Å². The van der Waals surface area contributed by atoms with Gasteiger partial charge in [-0.1, -0.05) is 11.1 Å². The van der Waals surface area contributed by atoms with Crippen molar-refractivity contribution in [3.8, 4) is 0 Å². The van der Waals surface area contributed by atoms with Gasteiger partial charge in [-0.2, -0.15) is 0 Å². The van der Waals surface area contributed by atoms with Crippen LogP contribution in [0.4, 0.5) is 0 Å². The van der Waals surface area contributed by atoms with Gasteiger partial charge >= 0.3 is 0 Å². The highest BCUT2D eigenvalue weighted by molar-refractivity contribution is 3.94. The van der Waals surface area contributed by atoms with Crippen molar-refractivity contribution in [3.63, 3.8) is 0 Å². The summed E-state index contributed by atoms with van der Waals surface area (Å²) in [5.74, 6) is 23.3. The number of hydrogen-bond donors (Lipinski definition) is 8. The maximum atomic E-state index is 6.83. The van der Waals surface area contributed by atoms with Crippen molar-refractivity contribution in [2.75, 3.05) is 0 Å². The molecule has 2 unspecified atom stereocenters. The molecule has 12 N–H and O–H groups in total. The van der Waals surface area contributed by atoms with E-state index in [4.69, 9.17) is 23.4 Å². The van der Waals surface area contributed by atoms with Gasteiger partial charge in [-0.15, -0.1) is 0 Å². The molecule has 0 amide bonds. The Labute approximate surface area is 57.2 Å². The Morgan fingerprint density at radius 3 is 1.40 bits per heavy atom. The van der Waals surface area contributed by atoms with Crippen LogP contribution >= 0.6 is 0 Å². The Balaban J connectivity index is 3.17. The van der Waals surface area contributed by atoms with E-state index in [-0.39, 0.29) is 10.5 Å². The first-order valence-electron chi connectivity index (χ1n) is 2.33. The summed E-state index contributed by atoms with van der Waals surface area (Å²) in [6.45, 7) is 0. The van der Waals surface area contributed by atoms with Crippen LogP contribution in [0.15, 0.2) is 0 Å². The highest BCUT2D eigenvalue weighted by atomic mass is 16.1. The Bertz CT molecular complexity index is 56.4. The fourth-order valence-electron chi connectivity index (χ4n) is 0.197. The topological polar surface area (TPSA) is 157 Å². The standard InChI is InChI=1S/H12N10/c1-5-9(3)7-8-10(4)6-2/h3-10H,1-2H2. The van der Waals surface area contributed by atoms with Crippen LogP contribution in [0.2, 0.25) is 0 Å². The molecule has 0 aromatic carbocycles. The lowest BCUT2D eigenvalue weighted by atomic mass is 11.9. The normalized spacial score (nSPS) is 16.8. The summed E-state index contributed by atoms with van der Waals surface area (Å²) in [7, 11) is 0. The number of nitrogens with two attached hydrogens (primary N) is 2. The maximum absolute atomic E-state index is 6.83. The van der Waals surface area contributed by atoms with Crippen LogP contribution in [0, 0.1) is 0 Å². The first kappa shape index (κ1) is 9.60. The Morgan fingerprint density at radius 1 is 0.900 bits per heavy atom. The van der Waals surface area contributed by atoms with Crippen LogP contribution in [0.1, 0.15) is 0 Å². The van der Waals surface area contributed by atoms with E-state index in [2.05, 4.69) is 11.1 Å². The maximum Gasteiger partial charge on any atom is -0.0435 e. The molecule has 0 saturated carbocycles. The second-order valence-electron chi connectivity index (χ2n) is 1.29. The van der Waals surface area contributed by atoms with Crippen LogP contribution in [-0.2, 0) is 0 Å². The molecule has 10 heavy (non-hydrogen) atoms. The number of hydrogen-bond acceptors (Lipinski definition) is 6. The number of nitrogens with one attached hydrogen (secondary N) is 8. The summed E-state index contributed by atoms with van der Waals surface area (Å²) in [5, 5.41) is -0.333. The Morgan fingerprint density at radius 2 is 1.20 bits per heavy atom. The first-order chi connectivity index (χ1) is 4.70. The molecule has 10 heteroatoms. The quantitative estimate of drug-likeness (QED) is 0.145. The van der Waals surface area contributed by atoms with E-state index in [0.717, 1.165) is 0 Å². The highest BCUT2D eigenvalue weighted by Gasteiger charge is 1.92. The van der Waals surface area contributed by atoms with Gasteiger partial charge in [0.2, 0.25) is 0 Å². The molecular weight excluding hydrogens is 140 g/mol. The molecule has 0 aromatic heterocycles. The summed E-state index contributed by atoms with van der Waals surface area (Å²) >= 11 is 0. The fraction of sp³-hybridized carbons (Fsp3) is 0. The molecule has 62 valence electrons. The highest BCUT2D eigenvalue weighted by Crippen LogP contribution is 1.14. The summed E-state index contributed by atoms with van der Waals surface area (Å²) < 4.78 is 0. The van der Waals surface area contributed by atoms with Crippen LogP contribution in [0.25, 0.3) is 11.7 Å². The monoisotopic (exact) mass is 152 g/mol. The third-order valence-electron chi connectivity index (χ3n) is 0.601. The minimum absolute atomic E-state index is 0.167. The summed E-state index contributed by atoms with van der Waals surface area (Å²) in [6.07, 6.45) is 0. The van der Waals surface area contributed by atoms with Gasteiger partial charge in [-0.25, -0.2) is 22.1 Å². The van der Waals surface area contributed by atoms with Gasteiger partial charge < -0.3 is 11.7 Å². The minimum Gasteiger partial charge on any atom is -0.425 e. The lowest BCUT2D eigenvalue weighted by molar-refractivity contribution is -1.03. The van der Waals surface area contributed by atoms with Crippen LogP contribution in [0.3, 0.4) is 0 Å². The van der Waals surface area contributed by atoms with E-state index in [0.29, 0.717) is 0 Å². The zero-order valence-electron chi connectivity index (χ0n) is 5.15. The van der Waals surface area contributed by atoms with Crippen LogP contribution < -0.4 is 44.3 Å². The van der Waals surface area contributed by atoms with Crippen molar-refractivity contribution in [3.05, 3.63) is 11.7 Å². The average Bonchev–Trinajstić information content (AvgIpc) is 1.99. The van der Waals surface area contributed by atoms with Gasteiger partial charge in [-0.05, 0) is 11.1 Å². The van der Waals surface area contributed by atoms with Crippen LogP contribution in [-0.4, -0.2) is 0 Å². The molecule has 0 radical (unpaired) electrons. The van der Waals surface area contributed by atoms with Crippen molar-refractivity contribution in [1.82, 2.24) is 22.1 Å². The van der Waals surface area contributed by atoms with E-state index >= 15 is 0 Å². The van der Waals surface area contributed by atoms with Gasteiger partial charge in [0.1, 0.15) is 0 Å². The lowest BCUT2D eigenvalue weighted by Crippen LogP contribution is -3.31. The predicted octanol–water partition coefficient (Wildman–Crippen LogP) is -5.63. The third-order valence-corrected chi connectivity index (χ3v) is 0.601. The molecule has 0 heterocycles. The van der Waals surface area contributed by atoms with E-state index in [1.54, 1.807) is 0 Å². The molecule has 0 spiro atoms. The summed E-state index contributed by atoms with van der Waals surface area (Å²) in [5.41, 5.74) is 8.40. The average molecular weight is 152 g/mol. The van der Waals surface area contributed by atoms with E-state index in [1.165, 1.54) is 0 Å². The van der Waals surface area contributed by atoms with E-state index < -0.39 is 0 Å². The zero-order chi connectivity index (χ0) is 7.98. The van der Waals surface area contributed by atoms with E-state index in [9.17, 15) is 0 Å². The molecule has 0 aliphatic heterocycles. The smallest absolute Gasteiger partial charge is 0.0435 e. The van der Waals surface area contributed by atoms with Crippen molar-refractivity contribution in [2.45, 2.75) is 0 Å². The number of quaternary nitrogens is 2. The molecular formula is H12N10. The Kier molecular flexibility index (Phi) is 5.17. The SMILES string of the molecule is [NH-][NH+](NN)NN[NH+]([NH-])NN. The molecule has 0 aliphatic rings. The largest absolute Gasteiger partial charge is 0.425 e. The second kappa shape index (κ2) is 5.39. The molecule has 0 saturated heterocycles. The predicted molar refractivity (Wildman–Crippen MR) is 31.5 cm³/mol. The van der Waals surface area contributed by atoms with Gasteiger partial charge in [0.05, 0.1) is 0 Å².